The van der Waals surface area contributed by atoms with E-state index in [-0.39, 0.29) is 11.6 Å². The van der Waals surface area contributed by atoms with Crippen LogP contribution in [0.3, 0.4) is 0 Å². The van der Waals surface area contributed by atoms with Crippen LogP contribution in [0.5, 0.6) is 0 Å². The van der Waals surface area contributed by atoms with E-state index in [1.807, 2.05) is 25.7 Å². The number of urea groups is 1. The first-order valence-corrected chi connectivity index (χ1v) is 8.14. The predicted octanol–water partition coefficient (Wildman–Crippen LogP) is 3.39. The van der Waals surface area contributed by atoms with E-state index in [1.54, 1.807) is 0 Å². The van der Waals surface area contributed by atoms with E-state index in [0.717, 1.165) is 30.7 Å². The highest BCUT2D eigenvalue weighted by Gasteiger charge is 2.24. The number of amides is 2. The number of carbonyl (C=O) groups excluding carboxylic acids is 1. The van der Waals surface area contributed by atoms with Crippen LogP contribution < -0.4 is 10.2 Å². The summed E-state index contributed by atoms with van der Waals surface area (Å²) in [6.45, 7) is 11.3. The first kappa shape index (κ1) is 16.1. The lowest BCUT2D eigenvalue weighted by atomic mass is 10.1. The number of nitrogens with zero attached hydrogens (tertiary/aromatic N) is 2. The maximum Gasteiger partial charge on any atom is 0.317 e. The Kier molecular flexibility index (Phi) is 4.81. The smallest absolute Gasteiger partial charge is 0.317 e. The zero-order chi connectivity index (χ0) is 15.6. The Balaban J connectivity index is 1.95. The van der Waals surface area contributed by atoms with Crippen LogP contribution in [-0.4, -0.2) is 42.6 Å². The number of benzene rings is 1. The molecule has 1 aliphatic rings. The lowest BCUT2D eigenvalue weighted by Gasteiger charge is -2.37. The molecule has 0 atom stereocenters. The topological polar surface area (TPSA) is 35.6 Å². The molecule has 1 fully saturated rings. The summed E-state index contributed by atoms with van der Waals surface area (Å²) in [5, 5.41) is 3.02. The summed E-state index contributed by atoms with van der Waals surface area (Å²) >= 11 is 3.63. The van der Waals surface area contributed by atoms with Gasteiger partial charge in [0, 0.05) is 36.2 Å². The third-order valence-corrected chi connectivity index (χ3v) is 4.13. The quantitative estimate of drug-likeness (QED) is 0.839. The first-order chi connectivity index (χ1) is 9.76. The van der Waals surface area contributed by atoms with Crippen LogP contribution in [-0.2, 0) is 0 Å². The van der Waals surface area contributed by atoms with Crippen LogP contribution in [0.25, 0.3) is 0 Å². The van der Waals surface area contributed by atoms with Gasteiger partial charge in [0.05, 0.1) is 5.69 Å². The molecule has 0 spiro atoms. The Morgan fingerprint density at radius 2 is 1.81 bits per heavy atom. The van der Waals surface area contributed by atoms with Crippen molar-refractivity contribution in [2.24, 2.45) is 0 Å². The fourth-order valence-electron chi connectivity index (χ4n) is 2.42. The lowest BCUT2D eigenvalue weighted by molar-refractivity contribution is 0.185. The molecule has 2 amide bonds. The second kappa shape index (κ2) is 6.26. The molecular formula is C16H24BrN3O. The molecule has 0 unspecified atom stereocenters. The molecule has 1 aliphatic heterocycles. The summed E-state index contributed by atoms with van der Waals surface area (Å²) in [6.07, 6.45) is 0. The van der Waals surface area contributed by atoms with Gasteiger partial charge < -0.3 is 15.1 Å². The molecule has 0 saturated carbocycles. The van der Waals surface area contributed by atoms with Gasteiger partial charge in [-0.2, -0.15) is 0 Å². The minimum Gasteiger partial charge on any atom is -0.367 e. The van der Waals surface area contributed by atoms with E-state index in [9.17, 15) is 4.79 Å². The molecule has 2 rings (SSSR count). The van der Waals surface area contributed by atoms with Crippen molar-refractivity contribution in [3.63, 3.8) is 0 Å². The van der Waals surface area contributed by atoms with Crippen molar-refractivity contribution >= 4 is 27.6 Å². The Morgan fingerprint density at radius 3 is 2.33 bits per heavy atom. The lowest BCUT2D eigenvalue weighted by Crippen LogP contribution is -2.55. The van der Waals surface area contributed by atoms with Crippen LogP contribution in [0.1, 0.15) is 26.3 Å². The molecule has 116 valence electrons. The Bertz CT molecular complexity index is 517. The molecule has 0 aliphatic carbocycles. The Morgan fingerprint density at radius 1 is 1.19 bits per heavy atom. The molecule has 0 bridgehead atoms. The third kappa shape index (κ3) is 4.37. The van der Waals surface area contributed by atoms with Crippen molar-refractivity contribution in [2.75, 3.05) is 31.1 Å². The molecule has 1 heterocycles. The fraction of sp³-hybridized carbons (Fsp3) is 0.562. The van der Waals surface area contributed by atoms with Gasteiger partial charge in [-0.15, -0.1) is 0 Å². The van der Waals surface area contributed by atoms with Gasteiger partial charge in [-0.1, -0.05) is 6.07 Å². The molecule has 1 N–H and O–H groups in total. The van der Waals surface area contributed by atoms with Gasteiger partial charge in [0.2, 0.25) is 0 Å². The highest BCUT2D eigenvalue weighted by Crippen LogP contribution is 2.28. The van der Waals surface area contributed by atoms with Crippen LogP contribution in [0.4, 0.5) is 10.5 Å². The standard InChI is InChI=1S/C16H24BrN3O/c1-12-5-6-14(13(17)11-12)19-7-9-20(10-8-19)15(21)18-16(2,3)4/h5-6,11H,7-10H2,1-4H3,(H,18,21). The normalized spacial score (nSPS) is 16.0. The SMILES string of the molecule is Cc1ccc(N2CCN(C(=O)NC(C)(C)C)CC2)c(Br)c1. The molecule has 4 nitrogen and oxygen atoms in total. The van der Waals surface area contributed by atoms with E-state index in [2.05, 4.69) is 51.3 Å². The van der Waals surface area contributed by atoms with Gasteiger partial charge >= 0.3 is 6.03 Å². The average Bonchev–Trinajstić information content (AvgIpc) is 2.37. The number of piperazine rings is 1. The zero-order valence-electron chi connectivity index (χ0n) is 13.2. The summed E-state index contributed by atoms with van der Waals surface area (Å²) in [7, 11) is 0. The van der Waals surface area contributed by atoms with E-state index in [4.69, 9.17) is 0 Å². The van der Waals surface area contributed by atoms with Crippen molar-refractivity contribution in [3.05, 3.63) is 28.2 Å². The predicted molar refractivity (Wildman–Crippen MR) is 90.9 cm³/mol. The zero-order valence-corrected chi connectivity index (χ0v) is 14.8. The molecule has 1 saturated heterocycles. The minimum atomic E-state index is -0.186. The van der Waals surface area contributed by atoms with Crippen molar-refractivity contribution in [2.45, 2.75) is 33.2 Å². The molecule has 1 aromatic carbocycles. The fourth-order valence-corrected chi connectivity index (χ4v) is 3.16. The van der Waals surface area contributed by atoms with Crippen molar-refractivity contribution in [3.8, 4) is 0 Å². The number of halogens is 1. The number of hydrogen-bond acceptors (Lipinski definition) is 2. The third-order valence-electron chi connectivity index (χ3n) is 3.49. The largest absolute Gasteiger partial charge is 0.367 e. The van der Waals surface area contributed by atoms with Crippen molar-refractivity contribution < 1.29 is 4.79 Å². The molecule has 1 aromatic rings. The number of aryl methyl sites for hydroxylation is 1. The second-order valence-electron chi connectivity index (χ2n) is 6.61. The van der Waals surface area contributed by atoms with E-state index in [0.29, 0.717) is 0 Å². The second-order valence-corrected chi connectivity index (χ2v) is 7.46. The van der Waals surface area contributed by atoms with E-state index < -0.39 is 0 Å². The van der Waals surface area contributed by atoms with Crippen molar-refractivity contribution in [1.29, 1.82) is 0 Å². The summed E-state index contributed by atoms with van der Waals surface area (Å²) in [6, 6.07) is 6.43. The molecule has 0 aromatic heterocycles. The van der Waals surface area contributed by atoms with E-state index >= 15 is 0 Å². The highest BCUT2D eigenvalue weighted by molar-refractivity contribution is 9.10. The van der Waals surface area contributed by atoms with Gasteiger partial charge in [-0.3, -0.25) is 0 Å². The van der Waals surface area contributed by atoms with Crippen LogP contribution in [0.2, 0.25) is 0 Å². The van der Waals surface area contributed by atoms with Crippen LogP contribution in [0.15, 0.2) is 22.7 Å². The van der Waals surface area contributed by atoms with Crippen molar-refractivity contribution in [1.82, 2.24) is 10.2 Å². The molecule has 5 heteroatoms. The average molecular weight is 354 g/mol. The molecule has 21 heavy (non-hydrogen) atoms. The number of nitrogens with one attached hydrogen (secondary N) is 1. The number of hydrogen-bond donors (Lipinski definition) is 1. The molecule has 0 radical (unpaired) electrons. The minimum absolute atomic E-state index is 0.0325. The molecular weight excluding hydrogens is 330 g/mol. The van der Waals surface area contributed by atoms with Gasteiger partial charge in [0.1, 0.15) is 0 Å². The maximum absolute atomic E-state index is 12.2. The van der Waals surface area contributed by atoms with Crippen LogP contribution >= 0.6 is 15.9 Å². The summed E-state index contributed by atoms with van der Waals surface area (Å²) in [5.41, 5.74) is 2.26. The van der Waals surface area contributed by atoms with Crippen LogP contribution in [0, 0.1) is 6.92 Å². The number of anilines is 1. The summed E-state index contributed by atoms with van der Waals surface area (Å²) < 4.78 is 1.12. The van der Waals surface area contributed by atoms with Gasteiger partial charge in [0.25, 0.3) is 0 Å². The first-order valence-electron chi connectivity index (χ1n) is 7.34. The Hall–Kier alpha value is -1.23. The van der Waals surface area contributed by atoms with Gasteiger partial charge in [0.15, 0.2) is 0 Å². The summed E-state index contributed by atoms with van der Waals surface area (Å²) in [4.78, 5) is 16.4. The highest BCUT2D eigenvalue weighted by atomic mass is 79.9. The Labute approximate surface area is 135 Å². The van der Waals surface area contributed by atoms with E-state index in [1.165, 1.54) is 11.3 Å². The van der Waals surface area contributed by atoms with Gasteiger partial charge in [-0.25, -0.2) is 4.79 Å². The monoisotopic (exact) mass is 353 g/mol. The maximum atomic E-state index is 12.2. The van der Waals surface area contributed by atoms with Gasteiger partial charge in [-0.05, 0) is 61.3 Å². The number of carbonyl (C=O) groups is 1. The number of rotatable bonds is 1. The summed E-state index contributed by atoms with van der Waals surface area (Å²) in [5.74, 6) is 0.